The van der Waals surface area contributed by atoms with E-state index in [2.05, 4.69) is 27.0 Å². The van der Waals surface area contributed by atoms with E-state index >= 15 is 0 Å². The van der Waals surface area contributed by atoms with Crippen LogP contribution in [-0.2, 0) is 47.2 Å². The van der Waals surface area contributed by atoms with Gasteiger partial charge in [0.2, 0.25) is 6.19 Å². The van der Waals surface area contributed by atoms with Crippen molar-refractivity contribution in [2.45, 2.75) is 31.3 Å². The van der Waals surface area contributed by atoms with Crippen LogP contribution in [0, 0.1) is 11.5 Å². The quantitative estimate of drug-likeness (QED) is 0.244. The Kier molecular flexibility index (Phi) is 28.4. The summed E-state index contributed by atoms with van der Waals surface area (Å²) in [6, 6.07) is 0. The maximum atomic E-state index is 12.2. The molecule has 0 spiro atoms. The number of rotatable bonds is 4. The van der Waals surface area contributed by atoms with E-state index in [1.54, 1.807) is 18.7 Å². The maximum absolute atomic E-state index is 12.2. The van der Waals surface area contributed by atoms with Crippen molar-refractivity contribution in [1.82, 2.24) is 9.97 Å². The van der Waals surface area contributed by atoms with E-state index in [1.807, 2.05) is 6.26 Å². The van der Waals surface area contributed by atoms with Crippen LogP contribution in [0.3, 0.4) is 0 Å². The molecule has 0 saturated heterocycles. The Balaban J connectivity index is -0.000000134. The Labute approximate surface area is 236 Å². The van der Waals surface area contributed by atoms with Crippen LogP contribution in [0.1, 0.15) is 27.2 Å². The summed E-state index contributed by atoms with van der Waals surface area (Å²) < 4.78 is 76.0. The number of alkyl halides is 6. The zero-order chi connectivity index (χ0) is 22.7. The van der Waals surface area contributed by atoms with Crippen LogP contribution in [0.5, 0.6) is 0 Å². The molecule has 0 N–H and O–H groups in total. The van der Waals surface area contributed by atoms with Crippen molar-refractivity contribution in [3.63, 3.8) is 0 Å². The van der Waals surface area contributed by atoms with Gasteiger partial charge in [-0.05, 0) is 12.5 Å². The van der Waals surface area contributed by atoms with Gasteiger partial charge in [-0.15, -0.1) is 22.7 Å². The number of hydrogen-bond donors (Lipinski definition) is 0. The van der Waals surface area contributed by atoms with Crippen molar-refractivity contribution >= 4 is 74.6 Å². The van der Waals surface area contributed by atoms with Crippen molar-refractivity contribution < 1.29 is 55.9 Å². The monoisotopic (exact) mass is 574 g/mol. The Morgan fingerprint density at radius 3 is 1.76 bits per heavy atom. The number of nitriles is 1. The maximum Gasteiger partial charge on any atom is 1.00 e. The molecule has 0 saturated carbocycles. The van der Waals surface area contributed by atoms with Crippen molar-refractivity contribution in [3.05, 3.63) is 32.2 Å². The second-order valence-corrected chi connectivity index (χ2v) is 9.40. The minimum Gasteiger partial charge on any atom is -0.796 e. The molecule has 18 heteroatoms. The van der Waals surface area contributed by atoms with E-state index in [0.717, 1.165) is 0 Å². The summed E-state index contributed by atoms with van der Waals surface area (Å²) in [5.74, 6) is 0.926. The van der Waals surface area contributed by atoms with Crippen molar-refractivity contribution in [1.29, 1.82) is 5.26 Å². The van der Waals surface area contributed by atoms with Gasteiger partial charge in [0.1, 0.15) is 0 Å². The van der Waals surface area contributed by atoms with E-state index in [1.165, 1.54) is 24.2 Å². The van der Waals surface area contributed by atoms with Crippen molar-refractivity contribution in [2.75, 3.05) is 18.8 Å². The molecule has 0 amide bonds. The largest absolute Gasteiger partial charge is 1.00 e. The molecule has 178 valence electrons. The first-order valence-electron chi connectivity index (χ1n) is 7.13. The predicted octanol–water partition coefficient (Wildman–Crippen LogP) is 2.64. The second kappa shape index (κ2) is 21.6. The molecule has 6 radical (unpaired) electrons. The van der Waals surface area contributed by atoms with E-state index in [0.29, 0.717) is 43.9 Å². The first-order valence-corrected chi connectivity index (χ1v) is 12.7. The zero-order valence-corrected chi connectivity index (χ0v) is 23.4. The molecule has 0 aliphatic rings. The molecule has 33 heavy (non-hydrogen) atoms. The molecule has 0 fully saturated rings. The van der Waals surface area contributed by atoms with E-state index < -0.39 is 33.1 Å². The number of hydrogen-bond acceptors (Lipinski definition) is 8. The van der Waals surface area contributed by atoms with Crippen LogP contribution in [0.15, 0.2) is 16.8 Å². The van der Waals surface area contributed by atoms with Crippen LogP contribution < -0.4 is 29.6 Å². The van der Waals surface area contributed by atoms with Gasteiger partial charge in [0.25, 0.3) is 0 Å². The van der Waals surface area contributed by atoms with E-state index in [4.69, 9.17) is 5.26 Å². The number of nitrogens with zero attached hydrogens (tertiary/aromatic N) is 4. The summed E-state index contributed by atoms with van der Waals surface area (Å²) in [5.41, 5.74) is 0. The molecular formula is C15H19B2F6N4NaS5. The van der Waals surface area contributed by atoms with Crippen LogP contribution in [0.4, 0.5) is 26.3 Å². The van der Waals surface area contributed by atoms with Crippen molar-refractivity contribution in [2.24, 2.45) is 4.36 Å². The van der Waals surface area contributed by atoms with Gasteiger partial charge in [-0.2, -0.15) is 54.0 Å². The average molecular weight is 574 g/mol. The van der Waals surface area contributed by atoms with Gasteiger partial charge in [-0.25, -0.2) is 9.97 Å². The summed E-state index contributed by atoms with van der Waals surface area (Å²) >= 11 is 6.87. The van der Waals surface area contributed by atoms with Gasteiger partial charge in [0.05, 0.1) is 0 Å². The molecule has 0 aliphatic heterocycles. The normalized spacial score (nSPS) is 10.8. The van der Waals surface area contributed by atoms with Gasteiger partial charge in [-0.1, -0.05) is 18.1 Å². The molecule has 0 aromatic carbocycles. The van der Waals surface area contributed by atoms with E-state index in [-0.39, 0.29) is 53.8 Å². The fourth-order valence-electron chi connectivity index (χ4n) is 1.46. The smallest absolute Gasteiger partial charge is 0.796 e. The third-order valence-corrected chi connectivity index (χ3v) is 6.60. The van der Waals surface area contributed by atoms with Crippen molar-refractivity contribution in [3.8, 4) is 6.19 Å². The molecule has 2 aromatic rings. The summed E-state index contributed by atoms with van der Waals surface area (Å²) in [6.45, 7) is 0. The molecule has 2 heterocycles. The first-order chi connectivity index (χ1) is 13.5. The number of halogens is 6. The average Bonchev–Trinajstić information content (AvgIpc) is 3.27. The number of thiazole rings is 2. The molecule has 1 atom stereocenters. The predicted molar refractivity (Wildman–Crippen MR) is 128 cm³/mol. The number of aromatic nitrogens is 2. The summed E-state index contributed by atoms with van der Waals surface area (Å²) in [5, 5.41) is 6.63. The van der Waals surface area contributed by atoms with Gasteiger partial charge in [-0.3, -0.25) is 0 Å². The van der Waals surface area contributed by atoms with Crippen LogP contribution in [-0.4, -0.2) is 45.6 Å². The second-order valence-electron chi connectivity index (χ2n) is 4.63. The summed E-state index contributed by atoms with van der Waals surface area (Å²) in [6.07, 6.45) is 0.527. The molecular weight excluding hydrogens is 555 g/mol. The standard InChI is InChI=1S/C7H6F3N3S2.C6H6F3NS2.CH4S.CH4.2B.Na/c1-15(13-4-11)3-5-2-12-6(14-5)7(8,9)10;1-11-3-4-2-10-5(12-4)6(7,8)9;1-2;;;;/h2H,3H2,1H3;2H,3H2,1H3;2H,1H3;1H4;;;/q;;;;;;+1/p-1. The molecule has 2 rings (SSSR count). The molecule has 2 aromatic heterocycles. The molecule has 0 aliphatic carbocycles. The topological polar surface area (TPSA) is 61.9 Å². The Morgan fingerprint density at radius 2 is 1.42 bits per heavy atom. The first kappa shape index (κ1) is 43.4. The molecule has 4 nitrogen and oxygen atoms in total. The summed E-state index contributed by atoms with van der Waals surface area (Å²) in [4.78, 5) is 7.71. The van der Waals surface area contributed by atoms with Gasteiger partial charge >= 0.3 is 41.9 Å². The Bertz CT molecular complexity index is 825. The van der Waals surface area contributed by atoms with Crippen LogP contribution in [0.25, 0.3) is 0 Å². The fourth-order valence-corrected chi connectivity index (χ4v) is 5.00. The van der Waals surface area contributed by atoms with Gasteiger partial charge in [0, 0.05) is 50.5 Å². The zero-order valence-electron chi connectivity index (χ0n) is 17.3. The van der Waals surface area contributed by atoms with Crippen LogP contribution in [0.2, 0.25) is 0 Å². The van der Waals surface area contributed by atoms with Crippen LogP contribution >= 0.6 is 34.4 Å². The van der Waals surface area contributed by atoms with Gasteiger partial charge in [0.15, 0.2) is 10.0 Å². The minimum absolute atomic E-state index is 0. The fraction of sp³-hybridized carbons (Fsp3) is 0.533. The molecule has 0 bridgehead atoms. The third-order valence-electron chi connectivity index (χ3n) is 2.43. The minimum atomic E-state index is -4.39. The summed E-state index contributed by atoms with van der Waals surface area (Å²) in [7, 11) is -0.568. The van der Waals surface area contributed by atoms with E-state index in [9.17, 15) is 26.3 Å². The Morgan fingerprint density at radius 1 is 1.03 bits per heavy atom. The molecule has 1 unspecified atom stereocenters. The SMILES string of the molecule is C.CS(Cc1cnc(C(F)(F)F)s1)=NC#N.CSCc1cnc(C(F)(F)F)s1.C[S-].[B].[B].[Na+]. The Hall–Kier alpha value is 0.310. The number of thioether (sulfide) groups is 1. The third kappa shape index (κ3) is 18.3. The van der Waals surface area contributed by atoms with Gasteiger partial charge < -0.3 is 12.6 Å².